The number of nitrogens with one attached hydrogen (secondary N) is 2. The van der Waals surface area contributed by atoms with E-state index < -0.39 is 53.6 Å². The second-order valence-corrected chi connectivity index (χ2v) is 10.1. The van der Waals surface area contributed by atoms with Crippen molar-refractivity contribution in [2.75, 3.05) is 14.1 Å². The monoisotopic (exact) mass is 610 g/mol. The van der Waals surface area contributed by atoms with Crippen LogP contribution >= 0.6 is 0 Å². The fourth-order valence-corrected chi connectivity index (χ4v) is 4.94. The first kappa shape index (κ1) is 32.6. The summed E-state index contributed by atoms with van der Waals surface area (Å²) in [6.07, 6.45) is -7.57. The second kappa shape index (κ2) is 14.9. The molecule has 45 heavy (non-hydrogen) atoms. The fraction of sp³-hybridized carbons (Fsp3) is 0.200. The molecular weight excluding hydrogens is 576 g/mol. The average Bonchev–Trinajstić information content (AvgIpc) is 3.10. The van der Waals surface area contributed by atoms with Crippen molar-refractivity contribution in [1.82, 2.24) is 10.6 Å². The number of esters is 2. The number of aliphatic hydroxyl groups is 2. The molecule has 0 heterocycles. The number of aliphatic hydroxyl groups excluding tert-OH is 2. The van der Waals surface area contributed by atoms with Crippen molar-refractivity contribution in [3.8, 4) is 0 Å². The topological polar surface area (TPSA) is 151 Å². The summed E-state index contributed by atoms with van der Waals surface area (Å²) in [5.74, 6) is -5.59. The maximum Gasteiger partial charge on any atom is 0.331 e. The maximum atomic E-state index is 14.4. The van der Waals surface area contributed by atoms with Gasteiger partial charge >= 0.3 is 11.9 Å². The first-order valence-electron chi connectivity index (χ1n) is 14.2. The molecule has 0 saturated heterocycles. The molecule has 4 N–H and O–H groups in total. The Hall–Kier alpha value is -5.32. The minimum Gasteiger partial charge on any atom is -0.452 e. The fourth-order valence-electron chi connectivity index (χ4n) is 4.94. The van der Waals surface area contributed by atoms with Gasteiger partial charge in [0.1, 0.15) is 0 Å². The molecule has 4 aromatic carbocycles. The first-order chi connectivity index (χ1) is 21.7. The number of carbonyl (C=O) groups excluding carboxylic acids is 4. The first-order valence-corrected chi connectivity index (χ1v) is 14.2. The van der Waals surface area contributed by atoms with Crippen molar-refractivity contribution in [3.63, 3.8) is 0 Å². The maximum absolute atomic E-state index is 14.4. The van der Waals surface area contributed by atoms with Crippen molar-refractivity contribution in [1.29, 1.82) is 0 Å². The molecule has 0 aliphatic rings. The molecule has 0 bridgehead atoms. The Morgan fingerprint density at radius 1 is 0.511 bits per heavy atom. The number of likely N-dealkylation sites (N-methyl/N-ethyl adjacent to an activating group) is 2. The van der Waals surface area contributed by atoms with Gasteiger partial charge in [-0.2, -0.15) is 0 Å². The lowest BCUT2D eigenvalue weighted by molar-refractivity contribution is -0.201. The van der Waals surface area contributed by atoms with E-state index in [0.717, 1.165) is 14.1 Å². The van der Waals surface area contributed by atoms with Gasteiger partial charge in [0.25, 0.3) is 11.8 Å². The Balaban J connectivity index is 1.90. The molecule has 4 aromatic rings. The lowest BCUT2D eigenvalue weighted by atomic mass is 9.75. The van der Waals surface area contributed by atoms with Crippen LogP contribution < -0.4 is 10.6 Å². The van der Waals surface area contributed by atoms with E-state index in [4.69, 9.17) is 9.47 Å². The highest BCUT2D eigenvalue weighted by atomic mass is 16.6. The summed E-state index contributed by atoms with van der Waals surface area (Å²) in [7, 11) is 2.32. The van der Waals surface area contributed by atoms with E-state index in [2.05, 4.69) is 10.6 Å². The quantitative estimate of drug-likeness (QED) is 0.141. The number of rotatable bonds is 12. The molecule has 10 nitrogen and oxygen atoms in total. The molecule has 10 heteroatoms. The van der Waals surface area contributed by atoms with Gasteiger partial charge in [-0.05, 0) is 22.3 Å². The van der Waals surface area contributed by atoms with Crippen LogP contribution in [-0.4, -0.2) is 60.3 Å². The van der Waals surface area contributed by atoms with Crippen LogP contribution in [-0.2, 0) is 28.7 Å². The van der Waals surface area contributed by atoms with E-state index in [1.54, 1.807) is 121 Å². The number of benzene rings is 4. The van der Waals surface area contributed by atoms with Gasteiger partial charge in [0, 0.05) is 14.1 Å². The number of hydrogen-bond donors (Lipinski definition) is 4. The number of ether oxygens (including phenoxy) is 2. The zero-order valence-corrected chi connectivity index (χ0v) is 24.7. The second-order valence-electron chi connectivity index (χ2n) is 10.1. The molecular formula is C35H34N2O8. The van der Waals surface area contributed by atoms with E-state index in [0.29, 0.717) is 22.3 Å². The Kier molecular flexibility index (Phi) is 10.8. The summed E-state index contributed by atoms with van der Waals surface area (Å²) < 4.78 is 11.8. The number of carbonyl (C=O) groups is 4. The summed E-state index contributed by atoms with van der Waals surface area (Å²) in [4.78, 5) is 54.9. The largest absolute Gasteiger partial charge is 0.452 e. The van der Waals surface area contributed by atoms with Crippen molar-refractivity contribution >= 4 is 23.8 Å². The molecule has 0 saturated carbocycles. The predicted molar refractivity (Wildman–Crippen MR) is 164 cm³/mol. The Morgan fingerprint density at radius 3 is 0.978 bits per heavy atom. The SMILES string of the molecule is CNC(=O)C(O)C(C(=O)OC(c1ccccc1)c1ccccc1)(C(=O)OC(c1ccccc1)c1ccccc1)C(O)C(=O)NC. The minimum atomic E-state index is -3.27. The van der Waals surface area contributed by atoms with Gasteiger partial charge in [-0.1, -0.05) is 121 Å². The summed E-state index contributed by atoms with van der Waals surface area (Å²) in [5, 5.41) is 27.2. The molecule has 0 spiro atoms. The third-order valence-corrected chi connectivity index (χ3v) is 7.39. The van der Waals surface area contributed by atoms with Gasteiger partial charge in [-0.25, -0.2) is 0 Å². The lowest BCUT2D eigenvalue weighted by Crippen LogP contribution is -2.65. The molecule has 0 fully saturated rings. The van der Waals surface area contributed by atoms with Crippen LogP contribution in [0, 0.1) is 5.41 Å². The molecule has 0 aliphatic carbocycles. The molecule has 232 valence electrons. The molecule has 4 rings (SSSR count). The highest BCUT2D eigenvalue weighted by molar-refractivity contribution is 6.10. The molecule has 2 amide bonds. The summed E-state index contributed by atoms with van der Waals surface area (Å²) in [5.41, 5.74) is -1.35. The van der Waals surface area contributed by atoms with E-state index in [1.807, 2.05) is 0 Å². The molecule has 0 aliphatic heterocycles. The van der Waals surface area contributed by atoms with Gasteiger partial charge in [0.15, 0.2) is 24.4 Å². The standard InChI is InChI=1S/C35H34N2O8/c1-36-31(40)29(38)35(30(39)32(41)37-2,33(42)44-27(23-15-7-3-8-16-23)24-17-9-4-10-18-24)34(43)45-28(25-19-11-5-12-20-25)26-21-13-6-14-22-26/h3-22,27-30,38-39H,1-2H3,(H,36,40)(H,37,41). The van der Waals surface area contributed by atoms with Gasteiger partial charge in [0.2, 0.25) is 5.41 Å². The van der Waals surface area contributed by atoms with Crippen molar-refractivity contribution < 1.29 is 38.9 Å². The number of amides is 2. The third kappa shape index (κ3) is 6.93. The molecule has 2 atom stereocenters. The van der Waals surface area contributed by atoms with E-state index in [9.17, 15) is 29.4 Å². The Bertz CT molecular complexity index is 1380. The van der Waals surface area contributed by atoms with Crippen LogP contribution in [0.4, 0.5) is 0 Å². The summed E-state index contributed by atoms with van der Waals surface area (Å²) in [6.45, 7) is 0. The average molecular weight is 611 g/mol. The molecule has 2 unspecified atom stereocenters. The normalized spacial score (nSPS) is 12.6. The summed E-state index contributed by atoms with van der Waals surface area (Å²) >= 11 is 0. The van der Waals surface area contributed by atoms with E-state index in [1.165, 1.54) is 0 Å². The van der Waals surface area contributed by atoms with Crippen molar-refractivity contribution in [2.45, 2.75) is 24.4 Å². The highest BCUT2D eigenvalue weighted by Gasteiger charge is 2.65. The minimum absolute atomic E-state index is 0.481. The van der Waals surface area contributed by atoms with Gasteiger partial charge < -0.3 is 30.3 Å². The Morgan fingerprint density at radius 2 is 0.756 bits per heavy atom. The lowest BCUT2D eigenvalue weighted by Gasteiger charge is -2.37. The molecule has 0 radical (unpaired) electrons. The molecule has 0 aromatic heterocycles. The van der Waals surface area contributed by atoms with E-state index in [-0.39, 0.29) is 0 Å². The Labute approximate surface area is 260 Å². The van der Waals surface area contributed by atoms with Crippen LogP contribution in [0.25, 0.3) is 0 Å². The van der Waals surface area contributed by atoms with Gasteiger partial charge in [0.05, 0.1) is 0 Å². The zero-order valence-electron chi connectivity index (χ0n) is 24.7. The zero-order chi connectivity index (χ0) is 32.4. The van der Waals surface area contributed by atoms with Gasteiger partial charge in [-0.15, -0.1) is 0 Å². The smallest absolute Gasteiger partial charge is 0.331 e. The third-order valence-electron chi connectivity index (χ3n) is 7.39. The van der Waals surface area contributed by atoms with Crippen molar-refractivity contribution in [3.05, 3.63) is 144 Å². The van der Waals surface area contributed by atoms with Crippen LogP contribution in [0.3, 0.4) is 0 Å². The van der Waals surface area contributed by atoms with E-state index >= 15 is 0 Å². The van der Waals surface area contributed by atoms with Crippen molar-refractivity contribution in [2.24, 2.45) is 5.41 Å². The predicted octanol–water partition coefficient (Wildman–Crippen LogP) is 2.85. The van der Waals surface area contributed by atoms with Crippen LogP contribution in [0.5, 0.6) is 0 Å². The van der Waals surface area contributed by atoms with Crippen LogP contribution in [0.2, 0.25) is 0 Å². The highest BCUT2D eigenvalue weighted by Crippen LogP contribution is 2.39. The summed E-state index contributed by atoms with van der Waals surface area (Å²) in [6, 6.07) is 34.1. The number of hydrogen-bond acceptors (Lipinski definition) is 8. The van der Waals surface area contributed by atoms with Gasteiger partial charge in [-0.3, -0.25) is 19.2 Å². The van der Waals surface area contributed by atoms with Crippen LogP contribution in [0.15, 0.2) is 121 Å². The van der Waals surface area contributed by atoms with Crippen LogP contribution in [0.1, 0.15) is 34.5 Å².